The fourth-order valence-electron chi connectivity index (χ4n) is 1.66. The van der Waals surface area contributed by atoms with Gasteiger partial charge >= 0.3 is 0 Å². The molecule has 0 radical (unpaired) electrons. The molecule has 8 heteroatoms. The minimum Gasteiger partial charge on any atom is -0.392 e. The Morgan fingerprint density at radius 1 is 1.40 bits per heavy atom. The van der Waals surface area contributed by atoms with Crippen molar-refractivity contribution in [1.82, 2.24) is 9.88 Å². The van der Waals surface area contributed by atoms with Gasteiger partial charge in [-0.1, -0.05) is 11.2 Å². The van der Waals surface area contributed by atoms with Gasteiger partial charge in [0, 0.05) is 6.07 Å². The lowest BCUT2D eigenvalue weighted by Gasteiger charge is -2.09. The highest BCUT2D eigenvalue weighted by atomic mass is 32.2. The van der Waals surface area contributed by atoms with Crippen LogP contribution < -0.4 is 4.72 Å². The number of nitrogens with one attached hydrogen (secondary N) is 1. The molecule has 0 atom stereocenters. The van der Waals surface area contributed by atoms with E-state index in [0.29, 0.717) is 11.5 Å². The summed E-state index contributed by atoms with van der Waals surface area (Å²) in [6.45, 7) is 1.10. The molecule has 1 heterocycles. The van der Waals surface area contributed by atoms with Gasteiger partial charge in [-0.15, -0.1) is 0 Å². The molecule has 2 N–H and O–H groups in total. The van der Waals surface area contributed by atoms with Gasteiger partial charge in [0.15, 0.2) is 0 Å². The normalized spacial score (nSPS) is 11.8. The SMILES string of the molecule is Cc1cc(CNS(=O)(=O)c2cc(F)ccc2CO)no1. The van der Waals surface area contributed by atoms with Crippen molar-refractivity contribution in [1.29, 1.82) is 0 Å². The molecule has 1 aromatic carbocycles. The maximum Gasteiger partial charge on any atom is 0.241 e. The molecule has 108 valence electrons. The van der Waals surface area contributed by atoms with Crippen molar-refractivity contribution in [3.63, 3.8) is 0 Å². The number of benzene rings is 1. The van der Waals surface area contributed by atoms with Gasteiger partial charge < -0.3 is 9.63 Å². The molecule has 0 aliphatic carbocycles. The second-order valence-corrected chi connectivity index (χ2v) is 5.90. The van der Waals surface area contributed by atoms with Gasteiger partial charge in [-0.3, -0.25) is 0 Å². The maximum atomic E-state index is 13.2. The number of hydrogen-bond donors (Lipinski definition) is 2. The first-order valence-corrected chi connectivity index (χ1v) is 7.22. The Morgan fingerprint density at radius 2 is 2.15 bits per heavy atom. The Kier molecular flexibility index (Phi) is 4.17. The first-order chi connectivity index (χ1) is 9.42. The van der Waals surface area contributed by atoms with Crippen LogP contribution in [0.4, 0.5) is 4.39 Å². The predicted octanol–water partition coefficient (Wildman–Crippen LogP) is 1.09. The monoisotopic (exact) mass is 300 g/mol. The third-order valence-corrected chi connectivity index (χ3v) is 4.09. The quantitative estimate of drug-likeness (QED) is 0.862. The van der Waals surface area contributed by atoms with Crippen molar-refractivity contribution in [2.24, 2.45) is 0 Å². The summed E-state index contributed by atoms with van der Waals surface area (Å²) in [5.74, 6) is -0.138. The lowest BCUT2D eigenvalue weighted by Crippen LogP contribution is -2.24. The van der Waals surface area contributed by atoms with Crippen molar-refractivity contribution in [3.05, 3.63) is 47.1 Å². The Hall–Kier alpha value is -1.77. The zero-order chi connectivity index (χ0) is 14.8. The average Bonchev–Trinajstić information content (AvgIpc) is 2.82. The summed E-state index contributed by atoms with van der Waals surface area (Å²) in [5, 5.41) is 12.8. The molecular formula is C12H13FN2O4S. The van der Waals surface area contributed by atoms with E-state index in [0.717, 1.165) is 12.1 Å². The molecular weight excluding hydrogens is 287 g/mol. The van der Waals surface area contributed by atoms with Crippen molar-refractivity contribution in [2.45, 2.75) is 25.0 Å². The van der Waals surface area contributed by atoms with Crippen LogP contribution in [0.3, 0.4) is 0 Å². The molecule has 6 nitrogen and oxygen atoms in total. The molecule has 0 saturated carbocycles. The molecule has 0 aliphatic rings. The van der Waals surface area contributed by atoms with E-state index < -0.39 is 22.4 Å². The highest BCUT2D eigenvalue weighted by molar-refractivity contribution is 7.89. The molecule has 0 spiro atoms. The van der Waals surface area contributed by atoms with Crippen molar-refractivity contribution in [2.75, 3.05) is 0 Å². The Morgan fingerprint density at radius 3 is 2.75 bits per heavy atom. The standard InChI is InChI=1S/C12H13FN2O4S/c1-8-4-11(15-19-8)6-14-20(17,18)12-5-10(13)3-2-9(12)7-16/h2-5,14,16H,6-7H2,1H3. The van der Waals surface area contributed by atoms with E-state index in [1.807, 2.05) is 0 Å². The lowest BCUT2D eigenvalue weighted by atomic mass is 10.2. The van der Waals surface area contributed by atoms with Gasteiger partial charge in [-0.05, 0) is 24.6 Å². The first-order valence-electron chi connectivity index (χ1n) is 5.73. The van der Waals surface area contributed by atoms with Crippen LogP contribution in [0.25, 0.3) is 0 Å². The summed E-state index contributed by atoms with van der Waals surface area (Å²) >= 11 is 0. The van der Waals surface area contributed by atoms with Crippen LogP contribution in [0, 0.1) is 12.7 Å². The van der Waals surface area contributed by atoms with Gasteiger partial charge in [0.05, 0.1) is 23.7 Å². The molecule has 2 rings (SSSR count). The van der Waals surface area contributed by atoms with Crippen LogP contribution in [-0.2, 0) is 23.2 Å². The van der Waals surface area contributed by atoms with Gasteiger partial charge in [0.25, 0.3) is 0 Å². The van der Waals surface area contributed by atoms with Crippen LogP contribution in [-0.4, -0.2) is 18.7 Å². The van der Waals surface area contributed by atoms with Gasteiger partial charge in [-0.25, -0.2) is 17.5 Å². The fraction of sp³-hybridized carbons (Fsp3) is 0.250. The second-order valence-electron chi connectivity index (χ2n) is 4.16. The van der Waals surface area contributed by atoms with Gasteiger partial charge in [0.2, 0.25) is 10.0 Å². The van der Waals surface area contributed by atoms with Crippen molar-refractivity contribution in [3.8, 4) is 0 Å². The molecule has 2 aromatic rings. The van der Waals surface area contributed by atoms with E-state index in [2.05, 4.69) is 9.88 Å². The molecule has 0 unspecified atom stereocenters. The predicted molar refractivity (Wildman–Crippen MR) is 67.6 cm³/mol. The highest BCUT2D eigenvalue weighted by Crippen LogP contribution is 2.17. The zero-order valence-corrected chi connectivity index (χ0v) is 11.4. The molecule has 0 saturated heterocycles. The number of rotatable bonds is 5. The van der Waals surface area contributed by atoms with E-state index in [-0.39, 0.29) is 17.0 Å². The molecule has 20 heavy (non-hydrogen) atoms. The minimum absolute atomic E-state index is 0.0823. The summed E-state index contributed by atoms with van der Waals surface area (Å²) < 4.78 is 44.5. The molecule has 0 amide bonds. The molecule has 0 fully saturated rings. The Labute approximate surface area is 115 Å². The van der Waals surface area contributed by atoms with Crippen LogP contribution in [0.5, 0.6) is 0 Å². The van der Waals surface area contributed by atoms with Crippen LogP contribution in [0.15, 0.2) is 33.7 Å². The van der Waals surface area contributed by atoms with Gasteiger partial charge in [0.1, 0.15) is 11.6 Å². The van der Waals surface area contributed by atoms with Crippen LogP contribution in [0.2, 0.25) is 0 Å². The number of sulfonamides is 1. The van der Waals surface area contributed by atoms with Gasteiger partial charge in [-0.2, -0.15) is 0 Å². The third kappa shape index (κ3) is 3.21. The van der Waals surface area contributed by atoms with E-state index in [1.54, 1.807) is 13.0 Å². The third-order valence-electron chi connectivity index (χ3n) is 2.61. The van der Waals surface area contributed by atoms with Crippen LogP contribution >= 0.6 is 0 Å². The second kappa shape index (κ2) is 5.70. The average molecular weight is 300 g/mol. The van der Waals surface area contributed by atoms with Crippen LogP contribution in [0.1, 0.15) is 17.0 Å². The largest absolute Gasteiger partial charge is 0.392 e. The molecule has 0 aliphatic heterocycles. The Balaban J connectivity index is 2.24. The number of aryl methyl sites for hydroxylation is 1. The Bertz CT molecular complexity index is 712. The highest BCUT2D eigenvalue weighted by Gasteiger charge is 2.19. The van der Waals surface area contributed by atoms with Crippen molar-refractivity contribution < 1.29 is 22.4 Å². The number of aliphatic hydroxyl groups excluding tert-OH is 1. The fourth-order valence-corrected chi connectivity index (χ4v) is 2.90. The zero-order valence-electron chi connectivity index (χ0n) is 10.6. The van der Waals surface area contributed by atoms with Crippen molar-refractivity contribution >= 4 is 10.0 Å². The first kappa shape index (κ1) is 14.6. The molecule has 1 aromatic heterocycles. The molecule has 0 bridgehead atoms. The minimum atomic E-state index is -3.95. The summed E-state index contributed by atoms with van der Waals surface area (Å²) in [6.07, 6.45) is 0. The number of nitrogens with zero attached hydrogens (tertiary/aromatic N) is 1. The smallest absolute Gasteiger partial charge is 0.241 e. The number of halogens is 1. The maximum absolute atomic E-state index is 13.2. The topological polar surface area (TPSA) is 92.4 Å². The van der Waals surface area contributed by atoms with E-state index in [1.165, 1.54) is 6.07 Å². The van der Waals surface area contributed by atoms with E-state index >= 15 is 0 Å². The summed E-state index contributed by atoms with van der Waals surface area (Å²) in [4.78, 5) is -0.291. The summed E-state index contributed by atoms with van der Waals surface area (Å²) in [7, 11) is -3.95. The number of aromatic nitrogens is 1. The summed E-state index contributed by atoms with van der Waals surface area (Å²) in [6, 6.07) is 4.76. The van der Waals surface area contributed by atoms with E-state index in [9.17, 15) is 12.8 Å². The number of hydrogen-bond acceptors (Lipinski definition) is 5. The van der Waals surface area contributed by atoms with E-state index in [4.69, 9.17) is 9.63 Å². The lowest BCUT2D eigenvalue weighted by molar-refractivity contribution is 0.278. The summed E-state index contributed by atoms with van der Waals surface area (Å²) in [5.41, 5.74) is 0.531. The number of aliphatic hydroxyl groups is 1.